The van der Waals surface area contributed by atoms with Gasteiger partial charge in [-0.3, -0.25) is 0 Å². The van der Waals surface area contributed by atoms with Gasteiger partial charge >= 0.3 is 0 Å². The second-order valence-corrected chi connectivity index (χ2v) is 3.88. The Labute approximate surface area is 94.1 Å². The Hall–Kier alpha value is -1.13. The summed E-state index contributed by atoms with van der Waals surface area (Å²) in [5.74, 6) is -0.134. The molecule has 1 heterocycles. The molecule has 0 spiro atoms. The van der Waals surface area contributed by atoms with E-state index in [1.54, 1.807) is 12.1 Å². The molecule has 1 fully saturated rings. The first-order chi connectivity index (χ1) is 7.68. The van der Waals surface area contributed by atoms with E-state index in [2.05, 4.69) is 0 Å². The summed E-state index contributed by atoms with van der Waals surface area (Å²) in [6, 6.07) is 5.96. The molecule has 0 unspecified atom stereocenters. The quantitative estimate of drug-likeness (QED) is 0.788. The van der Waals surface area contributed by atoms with Crippen LogP contribution in [0, 0.1) is 5.82 Å². The van der Waals surface area contributed by atoms with Gasteiger partial charge in [0.05, 0.1) is 19.8 Å². The summed E-state index contributed by atoms with van der Waals surface area (Å²) in [4.78, 5) is 0. The van der Waals surface area contributed by atoms with Crippen LogP contribution in [0.5, 0.6) is 5.75 Å². The molecule has 0 N–H and O–H groups in total. The van der Waals surface area contributed by atoms with Crippen molar-refractivity contribution in [2.24, 2.45) is 0 Å². The summed E-state index contributed by atoms with van der Waals surface area (Å²) >= 11 is 0. The highest BCUT2D eigenvalue weighted by Gasteiger charge is 2.30. The summed E-state index contributed by atoms with van der Waals surface area (Å²) in [5, 5.41) is 0. The fraction of sp³-hybridized carbons (Fsp3) is 0.500. The van der Waals surface area contributed by atoms with E-state index < -0.39 is 5.79 Å². The van der Waals surface area contributed by atoms with Crippen LogP contribution in [0.15, 0.2) is 24.3 Å². The van der Waals surface area contributed by atoms with E-state index in [1.165, 1.54) is 12.1 Å². The van der Waals surface area contributed by atoms with Crippen molar-refractivity contribution in [1.29, 1.82) is 0 Å². The van der Waals surface area contributed by atoms with Gasteiger partial charge in [0.1, 0.15) is 11.6 Å². The van der Waals surface area contributed by atoms with Crippen LogP contribution in [0.2, 0.25) is 0 Å². The van der Waals surface area contributed by atoms with Gasteiger partial charge in [0.2, 0.25) is 0 Å². The highest BCUT2D eigenvalue weighted by Crippen LogP contribution is 2.22. The lowest BCUT2D eigenvalue weighted by molar-refractivity contribution is -0.150. The van der Waals surface area contributed by atoms with Crippen molar-refractivity contribution in [2.75, 3.05) is 19.8 Å². The lowest BCUT2D eigenvalue weighted by atomic mass is 10.2. The third kappa shape index (κ3) is 2.93. The number of rotatable bonds is 4. The van der Waals surface area contributed by atoms with Crippen LogP contribution in [-0.2, 0) is 9.47 Å². The molecule has 1 aliphatic rings. The van der Waals surface area contributed by atoms with Crippen molar-refractivity contribution in [1.82, 2.24) is 0 Å². The molecule has 0 saturated carbocycles. The highest BCUT2D eigenvalue weighted by atomic mass is 19.1. The van der Waals surface area contributed by atoms with Crippen molar-refractivity contribution >= 4 is 0 Å². The minimum Gasteiger partial charge on any atom is -0.493 e. The minimum atomic E-state index is -0.528. The molecule has 0 aromatic heterocycles. The molecule has 0 atom stereocenters. The molecule has 16 heavy (non-hydrogen) atoms. The largest absolute Gasteiger partial charge is 0.493 e. The average molecular weight is 226 g/mol. The zero-order valence-electron chi connectivity index (χ0n) is 9.24. The van der Waals surface area contributed by atoms with Gasteiger partial charge in [-0.05, 0) is 31.2 Å². The summed E-state index contributed by atoms with van der Waals surface area (Å²) < 4.78 is 29.0. The molecule has 4 heteroatoms. The van der Waals surface area contributed by atoms with Gasteiger partial charge in [0, 0.05) is 6.42 Å². The average Bonchev–Trinajstić information content (AvgIpc) is 2.69. The van der Waals surface area contributed by atoms with E-state index in [1.807, 2.05) is 6.92 Å². The molecular weight excluding hydrogens is 211 g/mol. The monoisotopic (exact) mass is 226 g/mol. The molecule has 0 amide bonds. The van der Waals surface area contributed by atoms with E-state index in [-0.39, 0.29) is 5.82 Å². The van der Waals surface area contributed by atoms with Crippen LogP contribution < -0.4 is 4.74 Å². The van der Waals surface area contributed by atoms with Crippen molar-refractivity contribution in [2.45, 2.75) is 19.1 Å². The first kappa shape index (κ1) is 11.4. The normalized spacial score (nSPS) is 18.6. The summed E-state index contributed by atoms with van der Waals surface area (Å²) in [6.45, 7) is 3.65. The molecule has 1 aliphatic heterocycles. The first-order valence-electron chi connectivity index (χ1n) is 5.34. The van der Waals surface area contributed by atoms with Gasteiger partial charge in [-0.1, -0.05) is 0 Å². The zero-order chi connectivity index (χ0) is 11.4. The fourth-order valence-electron chi connectivity index (χ4n) is 1.59. The van der Waals surface area contributed by atoms with E-state index in [4.69, 9.17) is 14.2 Å². The predicted octanol–water partition coefficient (Wildman–Crippen LogP) is 2.36. The Morgan fingerprint density at radius 1 is 1.25 bits per heavy atom. The Balaban J connectivity index is 1.77. The maximum Gasteiger partial charge on any atom is 0.168 e. The molecule has 1 saturated heterocycles. The third-order valence-electron chi connectivity index (χ3n) is 2.54. The lowest BCUT2D eigenvalue weighted by Gasteiger charge is -2.21. The molecule has 3 nitrogen and oxygen atoms in total. The molecular formula is C12H15FO3. The van der Waals surface area contributed by atoms with Crippen molar-refractivity contribution in [3.05, 3.63) is 30.1 Å². The van der Waals surface area contributed by atoms with E-state index in [0.717, 1.165) is 0 Å². The molecule has 0 radical (unpaired) electrons. The Bertz CT molecular complexity index is 331. The number of ether oxygens (including phenoxy) is 3. The van der Waals surface area contributed by atoms with Crippen molar-refractivity contribution < 1.29 is 18.6 Å². The van der Waals surface area contributed by atoms with Crippen LogP contribution in [0.4, 0.5) is 4.39 Å². The number of halogens is 1. The van der Waals surface area contributed by atoms with E-state index >= 15 is 0 Å². The summed E-state index contributed by atoms with van der Waals surface area (Å²) in [7, 11) is 0. The standard InChI is InChI=1S/C12H15FO3/c1-12(15-8-9-16-12)6-7-14-11-4-2-10(13)3-5-11/h2-5H,6-9H2,1H3. The first-order valence-corrected chi connectivity index (χ1v) is 5.34. The molecule has 0 bridgehead atoms. The molecule has 88 valence electrons. The van der Waals surface area contributed by atoms with Crippen LogP contribution in [-0.4, -0.2) is 25.6 Å². The van der Waals surface area contributed by atoms with Gasteiger partial charge in [-0.2, -0.15) is 0 Å². The second-order valence-electron chi connectivity index (χ2n) is 3.88. The van der Waals surface area contributed by atoms with Gasteiger partial charge < -0.3 is 14.2 Å². The third-order valence-corrected chi connectivity index (χ3v) is 2.54. The summed E-state index contributed by atoms with van der Waals surface area (Å²) in [5.41, 5.74) is 0. The maximum atomic E-state index is 12.6. The predicted molar refractivity (Wildman–Crippen MR) is 56.8 cm³/mol. The lowest BCUT2D eigenvalue weighted by Crippen LogP contribution is -2.27. The zero-order valence-corrected chi connectivity index (χ0v) is 9.24. The van der Waals surface area contributed by atoms with Crippen molar-refractivity contribution in [3.8, 4) is 5.75 Å². The highest BCUT2D eigenvalue weighted by molar-refractivity contribution is 5.21. The Morgan fingerprint density at radius 2 is 1.88 bits per heavy atom. The van der Waals surface area contributed by atoms with Gasteiger partial charge in [-0.25, -0.2) is 4.39 Å². The molecule has 0 aliphatic carbocycles. The summed E-state index contributed by atoms with van der Waals surface area (Å²) in [6.07, 6.45) is 0.657. The second kappa shape index (κ2) is 4.80. The van der Waals surface area contributed by atoms with Gasteiger partial charge in [0.25, 0.3) is 0 Å². The minimum absolute atomic E-state index is 0.262. The Morgan fingerprint density at radius 3 is 2.50 bits per heavy atom. The van der Waals surface area contributed by atoms with Gasteiger partial charge in [0.15, 0.2) is 5.79 Å². The topological polar surface area (TPSA) is 27.7 Å². The molecule has 1 aromatic rings. The SMILES string of the molecule is CC1(CCOc2ccc(F)cc2)OCCO1. The number of hydrogen-bond acceptors (Lipinski definition) is 3. The smallest absolute Gasteiger partial charge is 0.168 e. The molecule has 1 aromatic carbocycles. The van der Waals surface area contributed by atoms with E-state index in [0.29, 0.717) is 32.0 Å². The van der Waals surface area contributed by atoms with Crippen LogP contribution >= 0.6 is 0 Å². The van der Waals surface area contributed by atoms with Gasteiger partial charge in [-0.15, -0.1) is 0 Å². The number of hydrogen-bond donors (Lipinski definition) is 0. The van der Waals surface area contributed by atoms with Crippen molar-refractivity contribution in [3.63, 3.8) is 0 Å². The van der Waals surface area contributed by atoms with Crippen LogP contribution in [0.3, 0.4) is 0 Å². The van der Waals surface area contributed by atoms with Crippen LogP contribution in [0.25, 0.3) is 0 Å². The maximum absolute atomic E-state index is 12.6. The number of benzene rings is 1. The fourth-order valence-corrected chi connectivity index (χ4v) is 1.59. The van der Waals surface area contributed by atoms with E-state index in [9.17, 15) is 4.39 Å². The molecule has 2 rings (SSSR count). The Kier molecular flexibility index (Phi) is 3.41. The van der Waals surface area contributed by atoms with Crippen LogP contribution in [0.1, 0.15) is 13.3 Å².